The van der Waals surface area contributed by atoms with E-state index in [2.05, 4.69) is 17.0 Å². The van der Waals surface area contributed by atoms with Gasteiger partial charge in [-0.3, -0.25) is 0 Å². The highest BCUT2D eigenvalue weighted by Gasteiger charge is 2.25. The number of aryl methyl sites for hydroxylation is 1. The van der Waals surface area contributed by atoms with E-state index in [1.165, 1.54) is 0 Å². The molecule has 5 nitrogen and oxygen atoms in total. The van der Waals surface area contributed by atoms with E-state index in [-0.39, 0.29) is 0 Å². The molecule has 1 aliphatic rings. The van der Waals surface area contributed by atoms with Gasteiger partial charge >= 0.3 is 0 Å². The van der Waals surface area contributed by atoms with Crippen molar-refractivity contribution in [2.45, 2.75) is 51.1 Å². The van der Waals surface area contributed by atoms with Gasteiger partial charge in [0, 0.05) is 31.5 Å². The summed E-state index contributed by atoms with van der Waals surface area (Å²) in [5, 5.41) is 3.32. The van der Waals surface area contributed by atoms with Crippen LogP contribution in [0.5, 0.6) is 0 Å². The number of aromatic nitrogens is 1. The molecule has 1 heterocycles. The fraction of sp³-hybridized carbons (Fsp3) is 0.714. The third-order valence-corrected chi connectivity index (χ3v) is 4.99. The van der Waals surface area contributed by atoms with Crippen molar-refractivity contribution < 1.29 is 8.42 Å². The first-order valence-corrected chi connectivity index (χ1v) is 8.94. The Balaban J connectivity index is 2.06. The van der Waals surface area contributed by atoms with Crippen molar-refractivity contribution in [2.75, 3.05) is 13.1 Å². The minimum Gasteiger partial charge on any atom is -0.349 e. The van der Waals surface area contributed by atoms with E-state index in [0.717, 1.165) is 38.0 Å². The minimum atomic E-state index is -3.36. The standard InChI is InChI=1S/C14H25N3O2S/c1-3-7-15-10-13-8-14(11-17(13)4-2)20(18,19)16-9-12-5-6-12/h8,11-12,15-16H,3-7,9-10H2,1-2H3. The highest BCUT2D eigenvalue weighted by molar-refractivity contribution is 7.89. The van der Waals surface area contributed by atoms with Gasteiger partial charge in [-0.25, -0.2) is 13.1 Å². The smallest absolute Gasteiger partial charge is 0.242 e. The van der Waals surface area contributed by atoms with Gasteiger partial charge in [-0.2, -0.15) is 0 Å². The number of nitrogens with zero attached hydrogens (tertiary/aromatic N) is 1. The number of rotatable bonds is 9. The van der Waals surface area contributed by atoms with Crippen molar-refractivity contribution in [1.82, 2.24) is 14.6 Å². The average Bonchev–Trinajstić information content (AvgIpc) is 3.16. The second-order valence-corrected chi connectivity index (χ2v) is 7.19. The Kier molecular flexibility index (Phi) is 5.23. The Morgan fingerprint density at radius 2 is 2.10 bits per heavy atom. The molecule has 0 aromatic carbocycles. The molecule has 114 valence electrons. The van der Waals surface area contributed by atoms with Gasteiger partial charge in [0.2, 0.25) is 10.0 Å². The molecule has 20 heavy (non-hydrogen) atoms. The molecule has 0 amide bonds. The van der Waals surface area contributed by atoms with E-state index in [4.69, 9.17) is 0 Å². The molecule has 0 aliphatic heterocycles. The summed E-state index contributed by atoms with van der Waals surface area (Å²) in [4.78, 5) is 0.383. The lowest BCUT2D eigenvalue weighted by atomic mass is 10.4. The Bertz CT molecular complexity index is 533. The minimum absolute atomic E-state index is 0.383. The molecule has 2 N–H and O–H groups in total. The van der Waals surface area contributed by atoms with Crippen LogP contribution in [0.15, 0.2) is 17.2 Å². The molecule has 0 radical (unpaired) electrons. The van der Waals surface area contributed by atoms with E-state index in [0.29, 0.717) is 23.9 Å². The molecule has 0 atom stereocenters. The van der Waals surface area contributed by atoms with Crippen LogP contribution in [0.4, 0.5) is 0 Å². The molecule has 0 saturated heterocycles. The summed E-state index contributed by atoms with van der Waals surface area (Å²) in [5.74, 6) is 0.545. The van der Waals surface area contributed by atoms with Crippen LogP contribution in [-0.4, -0.2) is 26.1 Å². The first-order chi connectivity index (χ1) is 9.56. The molecule has 0 unspecified atom stereocenters. The van der Waals surface area contributed by atoms with Crippen molar-refractivity contribution >= 4 is 10.0 Å². The first kappa shape index (κ1) is 15.5. The first-order valence-electron chi connectivity index (χ1n) is 7.46. The number of hydrogen-bond acceptors (Lipinski definition) is 3. The Morgan fingerprint density at radius 3 is 2.70 bits per heavy atom. The zero-order chi connectivity index (χ0) is 14.6. The quantitative estimate of drug-likeness (QED) is 0.682. The van der Waals surface area contributed by atoms with Gasteiger partial charge in [-0.05, 0) is 44.7 Å². The van der Waals surface area contributed by atoms with Crippen LogP contribution in [0.3, 0.4) is 0 Å². The second kappa shape index (κ2) is 6.74. The number of nitrogens with one attached hydrogen (secondary N) is 2. The topological polar surface area (TPSA) is 63.1 Å². The van der Waals surface area contributed by atoms with Gasteiger partial charge in [0.05, 0.1) is 4.90 Å². The zero-order valence-corrected chi connectivity index (χ0v) is 13.2. The Morgan fingerprint density at radius 1 is 1.35 bits per heavy atom. The lowest BCUT2D eigenvalue weighted by Crippen LogP contribution is -2.25. The molecule has 1 saturated carbocycles. The Hall–Kier alpha value is -0.850. The molecule has 1 fully saturated rings. The van der Waals surface area contributed by atoms with E-state index in [9.17, 15) is 8.42 Å². The van der Waals surface area contributed by atoms with Crippen molar-refractivity contribution in [3.8, 4) is 0 Å². The van der Waals surface area contributed by atoms with Crippen LogP contribution >= 0.6 is 0 Å². The Labute approximate surface area is 121 Å². The van der Waals surface area contributed by atoms with Crippen LogP contribution in [0.25, 0.3) is 0 Å². The number of hydrogen-bond donors (Lipinski definition) is 2. The predicted molar refractivity (Wildman–Crippen MR) is 80.0 cm³/mol. The third kappa shape index (κ3) is 4.07. The summed E-state index contributed by atoms with van der Waals surface area (Å²) in [6.07, 6.45) is 5.09. The van der Waals surface area contributed by atoms with Gasteiger partial charge in [0.1, 0.15) is 0 Å². The van der Waals surface area contributed by atoms with Gasteiger partial charge in [0.25, 0.3) is 0 Å². The summed E-state index contributed by atoms with van der Waals surface area (Å²) in [5.41, 5.74) is 1.02. The van der Waals surface area contributed by atoms with Crippen molar-refractivity contribution in [3.63, 3.8) is 0 Å². The summed E-state index contributed by atoms with van der Waals surface area (Å²) in [6.45, 7) is 7.14. The van der Waals surface area contributed by atoms with E-state index < -0.39 is 10.0 Å². The highest BCUT2D eigenvalue weighted by Crippen LogP contribution is 2.28. The largest absolute Gasteiger partial charge is 0.349 e. The maximum Gasteiger partial charge on any atom is 0.242 e. The SMILES string of the molecule is CCCNCc1cc(S(=O)(=O)NCC2CC2)cn1CC. The molecule has 2 rings (SSSR count). The fourth-order valence-electron chi connectivity index (χ4n) is 2.14. The molecule has 1 aromatic heterocycles. The number of sulfonamides is 1. The summed E-state index contributed by atoms with van der Waals surface area (Å²) in [7, 11) is -3.36. The molecular formula is C14H25N3O2S. The maximum absolute atomic E-state index is 12.2. The van der Waals surface area contributed by atoms with Gasteiger partial charge in [0.15, 0.2) is 0 Å². The second-order valence-electron chi connectivity index (χ2n) is 5.43. The van der Waals surface area contributed by atoms with E-state index in [1.807, 2.05) is 11.5 Å². The summed E-state index contributed by atoms with van der Waals surface area (Å²) < 4.78 is 29.2. The van der Waals surface area contributed by atoms with Crippen molar-refractivity contribution in [1.29, 1.82) is 0 Å². The zero-order valence-electron chi connectivity index (χ0n) is 12.4. The highest BCUT2D eigenvalue weighted by atomic mass is 32.2. The third-order valence-electron chi connectivity index (χ3n) is 3.60. The molecule has 6 heteroatoms. The molecule has 1 aromatic rings. The molecule has 0 spiro atoms. The van der Waals surface area contributed by atoms with Gasteiger partial charge in [-0.1, -0.05) is 6.92 Å². The molecule has 0 bridgehead atoms. The maximum atomic E-state index is 12.2. The van der Waals surface area contributed by atoms with Gasteiger partial charge < -0.3 is 9.88 Å². The predicted octanol–water partition coefficient (Wildman–Crippen LogP) is 1.70. The van der Waals surface area contributed by atoms with Crippen LogP contribution in [-0.2, 0) is 23.1 Å². The van der Waals surface area contributed by atoms with E-state index >= 15 is 0 Å². The molecular weight excluding hydrogens is 274 g/mol. The lowest BCUT2D eigenvalue weighted by Gasteiger charge is -2.06. The van der Waals surface area contributed by atoms with Crippen LogP contribution in [0, 0.1) is 5.92 Å². The fourth-order valence-corrected chi connectivity index (χ4v) is 3.32. The van der Waals surface area contributed by atoms with Crippen molar-refractivity contribution in [3.05, 3.63) is 18.0 Å². The van der Waals surface area contributed by atoms with Gasteiger partial charge in [-0.15, -0.1) is 0 Å². The van der Waals surface area contributed by atoms with E-state index in [1.54, 1.807) is 12.3 Å². The lowest BCUT2D eigenvalue weighted by molar-refractivity contribution is 0.577. The summed E-state index contributed by atoms with van der Waals surface area (Å²) in [6, 6.07) is 1.78. The monoisotopic (exact) mass is 299 g/mol. The van der Waals surface area contributed by atoms with Crippen LogP contribution < -0.4 is 10.0 Å². The molecule has 1 aliphatic carbocycles. The van der Waals surface area contributed by atoms with Crippen molar-refractivity contribution in [2.24, 2.45) is 5.92 Å². The van der Waals surface area contributed by atoms with Crippen LogP contribution in [0.1, 0.15) is 38.8 Å². The average molecular weight is 299 g/mol. The van der Waals surface area contributed by atoms with Crippen LogP contribution in [0.2, 0.25) is 0 Å². The normalized spacial score (nSPS) is 15.7. The summed E-state index contributed by atoms with van der Waals surface area (Å²) >= 11 is 0.